The molecule has 2 aromatic carbocycles. The highest BCUT2D eigenvalue weighted by Gasteiger charge is 1.97. The van der Waals surface area contributed by atoms with Crippen LogP contribution in [0.4, 0.5) is 0 Å². The fraction of sp³-hybridized carbons (Fsp3) is 0.310. The van der Waals surface area contributed by atoms with Gasteiger partial charge in [0.15, 0.2) is 5.78 Å². The SMILES string of the molecule is CC(=O)c1cccc(C)c1.CCC(C)=O.CN=Cc1c(C)cncc1C.Cc1ccccc1. The summed E-state index contributed by atoms with van der Waals surface area (Å²) in [4.78, 5) is 28.6. The maximum Gasteiger partial charge on any atom is 0.159 e. The van der Waals surface area contributed by atoms with E-state index in [4.69, 9.17) is 0 Å². The molecule has 0 N–H and O–H groups in total. The number of carbonyl (C=O) groups is 2. The third-order valence-corrected chi connectivity index (χ3v) is 4.51. The molecule has 1 heterocycles. The predicted molar refractivity (Wildman–Crippen MR) is 141 cm³/mol. The number of hydrogen-bond acceptors (Lipinski definition) is 4. The first-order chi connectivity index (χ1) is 15.6. The molecule has 176 valence electrons. The lowest BCUT2D eigenvalue weighted by Crippen LogP contribution is -1.92. The van der Waals surface area contributed by atoms with Crippen molar-refractivity contribution in [2.45, 2.75) is 54.9 Å². The minimum atomic E-state index is 0.128. The van der Waals surface area contributed by atoms with Crippen molar-refractivity contribution in [3.63, 3.8) is 0 Å². The molecule has 3 aromatic rings. The van der Waals surface area contributed by atoms with Crippen LogP contribution in [0.1, 0.15) is 65.4 Å². The number of hydrogen-bond donors (Lipinski definition) is 0. The zero-order chi connectivity index (χ0) is 25.2. The van der Waals surface area contributed by atoms with E-state index in [0.717, 1.165) is 11.1 Å². The molecule has 0 atom stereocenters. The van der Waals surface area contributed by atoms with Crippen molar-refractivity contribution in [1.82, 2.24) is 4.98 Å². The van der Waals surface area contributed by atoms with Crippen LogP contribution in [0.15, 0.2) is 72.0 Å². The van der Waals surface area contributed by atoms with E-state index in [0.29, 0.717) is 6.42 Å². The zero-order valence-electron chi connectivity index (χ0n) is 21.3. The van der Waals surface area contributed by atoms with Crippen molar-refractivity contribution in [1.29, 1.82) is 0 Å². The van der Waals surface area contributed by atoms with Crippen molar-refractivity contribution in [2.24, 2.45) is 4.99 Å². The number of aromatic nitrogens is 1. The van der Waals surface area contributed by atoms with Crippen LogP contribution in [-0.4, -0.2) is 29.8 Å². The molecular formula is C29H38N2O2. The Balaban J connectivity index is 0.000000431. The zero-order valence-corrected chi connectivity index (χ0v) is 21.3. The smallest absolute Gasteiger partial charge is 0.159 e. The summed E-state index contributed by atoms with van der Waals surface area (Å²) in [5.41, 5.74) is 6.78. The first-order valence-electron chi connectivity index (χ1n) is 11.0. The number of benzene rings is 2. The van der Waals surface area contributed by atoms with Gasteiger partial charge in [-0.15, -0.1) is 0 Å². The normalized spacial score (nSPS) is 9.45. The number of carbonyl (C=O) groups excluding carboxylic acids is 2. The molecule has 0 radical (unpaired) electrons. The number of Topliss-reactive ketones (excluding diaryl/α,β-unsaturated/α-hetero) is 2. The molecule has 0 saturated carbocycles. The molecule has 0 bridgehead atoms. The highest BCUT2D eigenvalue weighted by molar-refractivity contribution is 5.94. The van der Waals surface area contributed by atoms with Gasteiger partial charge in [-0.2, -0.15) is 0 Å². The van der Waals surface area contributed by atoms with E-state index in [1.54, 1.807) is 20.9 Å². The van der Waals surface area contributed by atoms with Crippen LogP contribution in [-0.2, 0) is 4.79 Å². The van der Waals surface area contributed by atoms with E-state index in [1.807, 2.05) is 88.8 Å². The lowest BCUT2D eigenvalue weighted by Gasteiger charge is -2.01. The summed E-state index contributed by atoms with van der Waals surface area (Å²) in [6.45, 7) is 13.2. The molecule has 0 unspecified atom stereocenters. The average Bonchev–Trinajstić information content (AvgIpc) is 2.78. The summed E-state index contributed by atoms with van der Waals surface area (Å²) in [6, 6.07) is 17.9. The summed E-state index contributed by atoms with van der Waals surface area (Å²) in [5, 5.41) is 0. The largest absolute Gasteiger partial charge is 0.300 e. The van der Waals surface area contributed by atoms with Gasteiger partial charge in [0.1, 0.15) is 5.78 Å². The Labute approximate surface area is 199 Å². The highest BCUT2D eigenvalue weighted by Crippen LogP contribution is 2.07. The number of aryl methyl sites for hydroxylation is 4. The van der Waals surface area contributed by atoms with E-state index >= 15 is 0 Å². The highest BCUT2D eigenvalue weighted by atomic mass is 16.1. The average molecular weight is 447 g/mol. The van der Waals surface area contributed by atoms with Gasteiger partial charge in [0.25, 0.3) is 0 Å². The fourth-order valence-electron chi connectivity index (χ4n) is 2.44. The fourth-order valence-corrected chi connectivity index (χ4v) is 2.44. The van der Waals surface area contributed by atoms with Crippen LogP contribution in [0, 0.1) is 27.7 Å². The summed E-state index contributed by atoms with van der Waals surface area (Å²) in [5.74, 6) is 0.383. The Hall–Kier alpha value is -3.40. The Bertz CT molecular complexity index is 989. The molecule has 0 fully saturated rings. The molecule has 0 saturated heterocycles. The molecular weight excluding hydrogens is 408 g/mol. The quantitative estimate of drug-likeness (QED) is 0.324. The minimum absolute atomic E-state index is 0.128. The van der Waals surface area contributed by atoms with Crippen molar-refractivity contribution in [3.05, 3.63) is 100 Å². The van der Waals surface area contributed by atoms with E-state index < -0.39 is 0 Å². The van der Waals surface area contributed by atoms with Gasteiger partial charge in [-0.25, -0.2) is 0 Å². The Morgan fingerprint density at radius 2 is 1.36 bits per heavy atom. The van der Waals surface area contributed by atoms with Gasteiger partial charge in [0, 0.05) is 43.2 Å². The molecule has 0 amide bonds. The second-order valence-electron chi connectivity index (χ2n) is 7.71. The van der Waals surface area contributed by atoms with Gasteiger partial charge in [-0.05, 0) is 58.7 Å². The standard InChI is InChI=1S/C9H12N2.C9H10O.C7H8.C4H8O/c1-7-4-11-5-8(2)9(7)6-10-3;1-7-4-3-5-9(6-7)8(2)10;1-7-5-3-2-4-6-7;1-3-4(2)5/h4-6H,1-3H3;3-6H,1-2H3;2-6H,1H3;3H2,1-2H3. The first kappa shape index (κ1) is 29.6. The first-order valence-corrected chi connectivity index (χ1v) is 11.0. The maximum atomic E-state index is 10.8. The van der Waals surface area contributed by atoms with Crippen molar-refractivity contribution < 1.29 is 9.59 Å². The summed E-state index contributed by atoms with van der Waals surface area (Å²) in [6.07, 6.45) is 6.24. The Morgan fingerprint density at radius 3 is 1.70 bits per heavy atom. The van der Waals surface area contributed by atoms with Crippen molar-refractivity contribution in [2.75, 3.05) is 7.05 Å². The second kappa shape index (κ2) is 17.2. The molecule has 3 rings (SSSR count). The van der Waals surface area contributed by atoms with Crippen molar-refractivity contribution >= 4 is 17.8 Å². The van der Waals surface area contributed by atoms with Crippen molar-refractivity contribution in [3.8, 4) is 0 Å². The topological polar surface area (TPSA) is 59.4 Å². The maximum absolute atomic E-state index is 10.8. The van der Waals surface area contributed by atoms with Crippen LogP contribution in [0.2, 0.25) is 0 Å². The van der Waals surface area contributed by atoms with Crippen LogP contribution in [0.3, 0.4) is 0 Å². The number of ketones is 2. The molecule has 0 aliphatic carbocycles. The van der Waals surface area contributed by atoms with Crippen LogP contribution in [0.5, 0.6) is 0 Å². The predicted octanol–water partition coefficient (Wildman–Crippen LogP) is 6.93. The van der Waals surface area contributed by atoms with E-state index in [1.165, 1.54) is 22.3 Å². The third kappa shape index (κ3) is 14.3. The Morgan fingerprint density at radius 1 is 0.848 bits per heavy atom. The molecule has 0 aliphatic rings. The minimum Gasteiger partial charge on any atom is -0.300 e. The van der Waals surface area contributed by atoms with Crippen LogP contribution >= 0.6 is 0 Å². The lowest BCUT2D eigenvalue weighted by molar-refractivity contribution is -0.116. The van der Waals surface area contributed by atoms with Gasteiger partial charge >= 0.3 is 0 Å². The number of aliphatic imine (C=N–C) groups is 1. The molecule has 33 heavy (non-hydrogen) atoms. The molecule has 4 heteroatoms. The number of pyridine rings is 1. The summed E-state index contributed by atoms with van der Waals surface area (Å²) in [7, 11) is 1.78. The van der Waals surface area contributed by atoms with Crippen LogP contribution < -0.4 is 0 Å². The molecule has 1 aromatic heterocycles. The third-order valence-electron chi connectivity index (χ3n) is 4.51. The van der Waals surface area contributed by atoms with Gasteiger partial charge in [-0.3, -0.25) is 14.8 Å². The second-order valence-corrected chi connectivity index (χ2v) is 7.71. The van der Waals surface area contributed by atoms with E-state index in [-0.39, 0.29) is 11.6 Å². The molecule has 0 aliphatic heterocycles. The molecule has 4 nitrogen and oxygen atoms in total. The van der Waals surface area contributed by atoms with E-state index in [9.17, 15) is 9.59 Å². The van der Waals surface area contributed by atoms with Crippen LogP contribution in [0.25, 0.3) is 0 Å². The number of nitrogens with zero attached hydrogens (tertiary/aromatic N) is 2. The Kier molecular flexibility index (Phi) is 15.4. The summed E-state index contributed by atoms with van der Waals surface area (Å²) < 4.78 is 0. The summed E-state index contributed by atoms with van der Waals surface area (Å²) >= 11 is 0. The lowest BCUT2D eigenvalue weighted by atomic mass is 10.1. The molecule has 0 spiro atoms. The number of rotatable bonds is 3. The van der Waals surface area contributed by atoms with Gasteiger partial charge in [0.05, 0.1) is 0 Å². The van der Waals surface area contributed by atoms with Gasteiger partial charge in [0.2, 0.25) is 0 Å². The van der Waals surface area contributed by atoms with Gasteiger partial charge in [-0.1, -0.05) is 66.6 Å². The van der Waals surface area contributed by atoms with E-state index in [2.05, 4.69) is 29.0 Å². The monoisotopic (exact) mass is 446 g/mol. The van der Waals surface area contributed by atoms with Gasteiger partial charge < -0.3 is 4.79 Å².